The van der Waals surface area contributed by atoms with E-state index in [4.69, 9.17) is 9.05 Å². The molecule has 0 aliphatic rings. The summed E-state index contributed by atoms with van der Waals surface area (Å²) in [4.78, 5) is 25.3. The molecule has 3 N–H and O–H groups in total. The smallest absolute Gasteiger partial charge is 0.268 e. The Bertz CT molecular complexity index is 982. The van der Waals surface area contributed by atoms with Crippen molar-refractivity contribution in [3.8, 4) is 0 Å². The summed E-state index contributed by atoms with van der Waals surface area (Å²) < 4.78 is 23.1. The SMILES string of the molecule is CC/C=C\C/C=C\C/C=C\CCCCCCCCCC(=O)NC(COP(=O)([O-])OCC[N+](C)(C)C)C(O)C(O)CCCCCCCCCCCCCC. The molecule has 0 saturated carbocycles. The minimum atomic E-state index is -4.66. The maximum Gasteiger partial charge on any atom is 0.268 e. The van der Waals surface area contributed by atoms with Crippen LogP contribution in [0.4, 0.5) is 0 Å². The maximum absolute atomic E-state index is 12.9. The quantitative estimate of drug-likeness (QED) is 0.0247. The minimum absolute atomic E-state index is 0.0437. The Morgan fingerprint density at radius 1 is 0.698 bits per heavy atom. The number of hydrogen-bond donors (Lipinski definition) is 3. The highest BCUT2D eigenvalue weighted by molar-refractivity contribution is 7.45. The van der Waals surface area contributed by atoms with Crippen LogP contribution >= 0.6 is 7.82 Å². The number of phosphoric ester groups is 1. The number of phosphoric acid groups is 1. The standard InChI is InChI=1S/C43H83N2O7P/c1-6-8-10-12-14-16-18-20-21-22-23-24-26-28-30-32-34-36-42(47)44-40(39-52-53(49,50)51-38-37-45(3,4)5)43(48)41(46)35-33-31-29-27-25-19-17-15-13-11-9-7-2/h8,10,14,16,20-21,40-41,43,46,48H,6-7,9,11-13,15,17-19,22-39H2,1-5H3,(H-,44,47,49,50)/b10-8-,16-14-,21-20-. The lowest BCUT2D eigenvalue weighted by atomic mass is 9.99. The van der Waals surface area contributed by atoms with E-state index in [1.54, 1.807) is 0 Å². The van der Waals surface area contributed by atoms with Gasteiger partial charge in [-0.3, -0.25) is 9.36 Å². The van der Waals surface area contributed by atoms with Gasteiger partial charge >= 0.3 is 0 Å². The Balaban J connectivity index is 4.53. The third kappa shape index (κ3) is 36.1. The average Bonchev–Trinajstić information content (AvgIpc) is 3.10. The second-order valence-electron chi connectivity index (χ2n) is 15.8. The summed E-state index contributed by atoms with van der Waals surface area (Å²) in [6.07, 6.45) is 37.4. The van der Waals surface area contributed by atoms with Crippen LogP contribution in [-0.4, -0.2) is 79.8 Å². The molecule has 0 aliphatic carbocycles. The third-order valence-corrected chi connectivity index (χ3v) is 10.4. The summed E-state index contributed by atoms with van der Waals surface area (Å²) in [5.41, 5.74) is 0. The van der Waals surface area contributed by atoms with Gasteiger partial charge in [-0.05, 0) is 44.9 Å². The third-order valence-electron chi connectivity index (χ3n) is 9.48. The minimum Gasteiger partial charge on any atom is -0.756 e. The molecule has 0 aliphatic heterocycles. The molecule has 1 amide bonds. The summed E-state index contributed by atoms with van der Waals surface area (Å²) in [5.74, 6) is -0.291. The van der Waals surface area contributed by atoms with Crippen LogP contribution in [0.15, 0.2) is 36.5 Å². The van der Waals surface area contributed by atoms with Crippen molar-refractivity contribution in [3.05, 3.63) is 36.5 Å². The van der Waals surface area contributed by atoms with Gasteiger partial charge < -0.3 is 34.0 Å². The van der Waals surface area contributed by atoms with E-state index in [2.05, 4.69) is 55.6 Å². The van der Waals surface area contributed by atoms with E-state index < -0.39 is 32.7 Å². The summed E-state index contributed by atoms with van der Waals surface area (Å²) in [7, 11) is 1.11. The number of quaternary nitrogens is 1. The van der Waals surface area contributed by atoms with E-state index in [1.165, 1.54) is 77.0 Å². The molecule has 0 spiro atoms. The number of amides is 1. The molecule has 0 aromatic rings. The van der Waals surface area contributed by atoms with Gasteiger partial charge in [0.1, 0.15) is 19.3 Å². The second-order valence-corrected chi connectivity index (χ2v) is 17.2. The monoisotopic (exact) mass is 771 g/mol. The van der Waals surface area contributed by atoms with Crippen molar-refractivity contribution < 1.29 is 38.0 Å². The summed E-state index contributed by atoms with van der Waals surface area (Å²) in [6, 6.07) is -1.08. The lowest BCUT2D eigenvalue weighted by Crippen LogP contribution is -2.51. The van der Waals surface area contributed by atoms with E-state index in [0.29, 0.717) is 23.9 Å². The molecule has 0 heterocycles. The average molecular weight is 771 g/mol. The topological polar surface area (TPSA) is 128 Å². The molecule has 4 unspecified atom stereocenters. The van der Waals surface area contributed by atoms with Crippen molar-refractivity contribution in [2.45, 2.75) is 193 Å². The van der Waals surface area contributed by atoms with Crippen LogP contribution in [0, 0.1) is 0 Å². The Morgan fingerprint density at radius 2 is 1.19 bits per heavy atom. The first-order valence-electron chi connectivity index (χ1n) is 21.4. The highest BCUT2D eigenvalue weighted by atomic mass is 31.2. The number of aliphatic hydroxyl groups excluding tert-OH is 2. The summed E-state index contributed by atoms with van der Waals surface area (Å²) >= 11 is 0. The molecule has 0 aromatic carbocycles. The molecule has 0 bridgehead atoms. The Labute approximate surface area is 326 Å². The van der Waals surface area contributed by atoms with Crippen LogP contribution in [-0.2, 0) is 18.4 Å². The maximum atomic E-state index is 12.9. The van der Waals surface area contributed by atoms with Gasteiger partial charge in [-0.1, -0.05) is 159 Å². The number of hydrogen-bond acceptors (Lipinski definition) is 7. The van der Waals surface area contributed by atoms with Crippen molar-refractivity contribution in [1.82, 2.24) is 5.32 Å². The van der Waals surface area contributed by atoms with Crippen molar-refractivity contribution in [3.63, 3.8) is 0 Å². The fourth-order valence-corrected chi connectivity index (χ4v) is 6.75. The number of nitrogens with zero attached hydrogens (tertiary/aromatic N) is 1. The highest BCUT2D eigenvalue weighted by Crippen LogP contribution is 2.38. The van der Waals surface area contributed by atoms with Gasteiger partial charge in [-0.25, -0.2) is 0 Å². The van der Waals surface area contributed by atoms with E-state index >= 15 is 0 Å². The van der Waals surface area contributed by atoms with E-state index in [9.17, 15) is 24.5 Å². The molecule has 0 fully saturated rings. The van der Waals surface area contributed by atoms with Crippen LogP contribution in [0.5, 0.6) is 0 Å². The number of nitrogens with one attached hydrogen (secondary N) is 1. The fourth-order valence-electron chi connectivity index (χ4n) is 6.03. The number of allylic oxidation sites excluding steroid dienone is 6. The van der Waals surface area contributed by atoms with Crippen LogP contribution in [0.25, 0.3) is 0 Å². The molecule has 4 atom stereocenters. The molecule has 0 aromatic heterocycles. The first kappa shape index (κ1) is 51.7. The molecular formula is C43H83N2O7P. The van der Waals surface area contributed by atoms with Crippen LogP contribution < -0.4 is 10.2 Å². The van der Waals surface area contributed by atoms with Crippen molar-refractivity contribution in [2.24, 2.45) is 0 Å². The summed E-state index contributed by atoms with van der Waals surface area (Å²) in [6.45, 7) is 4.30. The van der Waals surface area contributed by atoms with Gasteiger partial charge in [0, 0.05) is 6.42 Å². The zero-order valence-corrected chi connectivity index (χ0v) is 35.7. The van der Waals surface area contributed by atoms with Gasteiger partial charge in [-0.2, -0.15) is 0 Å². The Kier molecular flexibility index (Phi) is 34.2. The number of carbonyl (C=O) groups is 1. The molecule has 0 rings (SSSR count). The van der Waals surface area contributed by atoms with Gasteiger partial charge in [-0.15, -0.1) is 0 Å². The van der Waals surface area contributed by atoms with E-state index in [0.717, 1.165) is 64.2 Å². The van der Waals surface area contributed by atoms with Crippen LogP contribution in [0.3, 0.4) is 0 Å². The predicted molar refractivity (Wildman–Crippen MR) is 221 cm³/mol. The number of likely N-dealkylation sites (N-methyl/N-ethyl adjacent to an activating group) is 1. The van der Waals surface area contributed by atoms with Crippen LogP contribution in [0.2, 0.25) is 0 Å². The van der Waals surface area contributed by atoms with E-state index in [-0.39, 0.29) is 18.9 Å². The highest BCUT2D eigenvalue weighted by Gasteiger charge is 2.29. The Hall–Kier alpha value is -1.32. The molecule has 10 heteroatoms. The first-order chi connectivity index (χ1) is 25.4. The molecule has 0 saturated heterocycles. The van der Waals surface area contributed by atoms with Gasteiger partial charge in [0.05, 0.1) is 39.9 Å². The van der Waals surface area contributed by atoms with Crippen molar-refractivity contribution in [2.75, 3.05) is 40.9 Å². The lowest BCUT2D eigenvalue weighted by molar-refractivity contribution is -0.870. The zero-order chi connectivity index (χ0) is 39.5. The Morgan fingerprint density at radius 3 is 1.74 bits per heavy atom. The van der Waals surface area contributed by atoms with Crippen molar-refractivity contribution in [1.29, 1.82) is 0 Å². The number of unbranched alkanes of at least 4 members (excludes halogenated alkanes) is 18. The largest absolute Gasteiger partial charge is 0.756 e. The van der Waals surface area contributed by atoms with Gasteiger partial charge in [0.15, 0.2) is 0 Å². The molecule has 312 valence electrons. The van der Waals surface area contributed by atoms with Gasteiger partial charge in [0.25, 0.3) is 7.82 Å². The van der Waals surface area contributed by atoms with E-state index in [1.807, 2.05) is 21.1 Å². The normalized spacial score (nSPS) is 15.4. The number of carbonyl (C=O) groups excluding carboxylic acids is 1. The first-order valence-corrected chi connectivity index (χ1v) is 22.9. The molecule has 53 heavy (non-hydrogen) atoms. The second kappa shape index (κ2) is 35.1. The molecular weight excluding hydrogens is 687 g/mol. The van der Waals surface area contributed by atoms with Crippen LogP contribution in [0.1, 0.15) is 174 Å². The lowest BCUT2D eigenvalue weighted by Gasteiger charge is -2.31. The predicted octanol–water partition coefficient (Wildman–Crippen LogP) is 9.86. The van der Waals surface area contributed by atoms with Crippen molar-refractivity contribution >= 4 is 13.7 Å². The molecule has 9 nitrogen and oxygen atoms in total. The number of aliphatic hydroxyl groups is 2. The van der Waals surface area contributed by atoms with Gasteiger partial charge in [0.2, 0.25) is 5.91 Å². The summed E-state index contributed by atoms with van der Waals surface area (Å²) in [5, 5.41) is 24.6. The molecule has 0 radical (unpaired) electrons. The number of rotatable bonds is 38. The zero-order valence-electron chi connectivity index (χ0n) is 34.8. The fraction of sp³-hybridized carbons (Fsp3) is 0.837.